The molecule has 1 aliphatic heterocycles. The predicted octanol–water partition coefficient (Wildman–Crippen LogP) is 8.40. The minimum atomic E-state index is -3.76. The van der Waals surface area contributed by atoms with Crippen molar-refractivity contribution in [3.05, 3.63) is 167 Å². The third-order valence-electron chi connectivity index (χ3n) is 8.77. The number of benzene rings is 6. The molecule has 6 aromatic rings. The molecule has 0 unspecified atom stereocenters. The SMILES string of the molecule is N#Cc1ccc(-c2ccc3c(c2)C2(c4ccccc4-c4ccccc4-3)c3ccccc3S(=O)(=O)c3ccccc32)cc1. The Morgan fingerprint density at radius 1 is 0.476 bits per heavy atom. The first kappa shape index (κ1) is 24.5. The minimum absolute atomic E-state index is 0.333. The fourth-order valence-electron chi connectivity index (χ4n) is 7.01. The summed E-state index contributed by atoms with van der Waals surface area (Å²) in [6.45, 7) is 0. The van der Waals surface area contributed by atoms with E-state index < -0.39 is 15.3 Å². The molecule has 0 N–H and O–H groups in total. The molecule has 0 saturated carbocycles. The molecule has 198 valence electrons. The zero-order valence-corrected chi connectivity index (χ0v) is 23.3. The highest BCUT2D eigenvalue weighted by molar-refractivity contribution is 7.91. The Hall–Kier alpha value is -5.24. The molecule has 1 spiro atoms. The van der Waals surface area contributed by atoms with E-state index in [4.69, 9.17) is 0 Å². The normalized spacial score (nSPS) is 14.7. The largest absolute Gasteiger partial charge is 0.218 e. The molecular formula is C38H23NO2S. The molecule has 8 rings (SSSR count). The lowest BCUT2D eigenvalue weighted by atomic mass is 9.63. The number of fused-ring (bicyclic) bond motifs is 11. The van der Waals surface area contributed by atoms with Crippen molar-refractivity contribution in [3.8, 4) is 39.4 Å². The van der Waals surface area contributed by atoms with Gasteiger partial charge in [-0.2, -0.15) is 5.26 Å². The van der Waals surface area contributed by atoms with Crippen LogP contribution < -0.4 is 0 Å². The molecule has 0 radical (unpaired) electrons. The highest BCUT2D eigenvalue weighted by Gasteiger charge is 2.51. The molecule has 2 aliphatic rings. The van der Waals surface area contributed by atoms with Gasteiger partial charge < -0.3 is 0 Å². The van der Waals surface area contributed by atoms with Gasteiger partial charge in [0.1, 0.15) is 0 Å². The van der Waals surface area contributed by atoms with E-state index in [0.717, 1.165) is 55.6 Å². The molecule has 0 atom stereocenters. The van der Waals surface area contributed by atoms with Gasteiger partial charge in [0.25, 0.3) is 0 Å². The molecule has 0 bridgehead atoms. The van der Waals surface area contributed by atoms with E-state index >= 15 is 0 Å². The molecule has 42 heavy (non-hydrogen) atoms. The van der Waals surface area contributed by atoms with Crippen molar-refractivity contribution in [2.75, 3.05) is 0 Å². The first-order valence-electron chi connectivity index (χ1n) is 13.8. The lowest BCUT2D eigenvalue weighted by Crippen LogP contribution is -2.38. The average Bonchev–Trinajstić information content (AvgIpc) is 3.15. The zero-order chi connectivity index (χ0) is 28.5. The summed E-state index contributed by atoms with van der Waals surface area (Å²) in [7, 11) is -3.76. The van der Waals surface area contributed by atoms with Gasteiger partial charge >= 0.3 is 0 Å². The Kier molecular flexibility index (Phi) is 5.19. The third-order valence-corrected chi connectivity index (χ3v) is 10.6. The van der Waals surface area contributed by atoms with Gasteiger partial charge in [0.2, 0.25) is 9.84 Å². The van der Waals surface area contributed by atoms with Crippen LogP contribution in [-0.4, -0.2) is 8.42 Å². The van der Waals surface area contributed by atoms with E-state index in [-0.39, 0.29) is 0 Å². The van der Waals surface area contributed by atoms with E-state index in [1.807, 2.05) is 66.7 Å². The summed E-state index contributed by atoms with van der Waals surface area (Å²) in [5.74, 6) is 0. The van der Waals surface area contributed by atoms with Crippen LogP contribution in [0, 0.1) is 11.3 Å². The van der Waals surface area contributed by atoms with Crippen LogP contribution in [0.5, 0.6) is 0 Å². The lowest BCUT2D eigenvalue weighted by Gasteiger charge is -2.42. The predicted molar refractivity (Wildman–Crippen MR) is 165 cm³/mol. The highest BCUT2D eigenvalue weighted by atomic mass is 32.2. The second kappa shape index (κ2) is 8.88. The highest BCUT2D eigenvalue weighted by Crippen LogP contribution is 2.59. The summed E-state index contributed by atoms with van der Waals surface area (Å²) < 4.78 is 28.3. The zero-order valence-electron chi connectivity index (χ0n) is 22.5. The quantitative estimate of drug-likeness (QED) is 0.204. The number of nitriles is 1. The Morgan fingerprint density at radius 3 is 1.55 bits per heavy atom. The van der Waals surface area contributed by atoms with E-state index in [2.05, 4.69) is 66.7 Å². The molecule has 0 aromatic heterocycles. The summed E-state index contributed by atoms with van der Waals surface area (Å²) in [5, 5.41) is 9.37. The van der Waals surface area contributed by atoms with Crippen molar-refractivity contribution < 1.29 is 8.42 Å². The summed E-state index contributed by atoms with van der Waals surface area (Å²) in [4.78, 5) is 0.665. The molecule has 4 heteroatoms. The van der Waals surface area contributed by atoms with Crippen molar-refractivity contribution >= 4 is 9.84 Å². The van der Waals surface area contributed by atoms with Gasteiger partial charge in [-0.1, -0.05) is 109 Å². The minimum Gasteiger partial charge on any atom is -0.218 e. The summed E-state index contributed by atoms with van der Waals surface area (Å²) in [5.41, 5.74) is 9.60. The van der Waals surface area contributed by atoms with Crippen LogP contribution in [0.2, 0.25) is 0 Å². The second-order valence-corrected chi connectivity index (χ2v) is 12.7. The molecule has 1 heterocycles. The monoisotopic (exact) mass is 557 g/mol. The van der Waals surface area contributed by atoms with Crippen LogP contribution in [0.3, 0.4) is 0 Å². The number of nitrogens with zero attached hydrogens (tertiary/aromatic N) is 1. The molecular weight excluding hydrogens is 534 g/mol. The van der Waals surface area contributed by atoms with Gasteiger partial charge in [-0.05, 0) is 86.0 Å². The molecule has 0 saturated heterocycles. The van der Waals surface area contributed by atoms with Gasteiger partial charge in [0.15, 0.2) is 0 Å². The molecule has 3 nitrogen and oxygen atoms in total. The molecule has 1 aliphatic carbocycles. The number of hydrogen-bond donors (Lipinski definition) is 0. The number of sulfone groups is 1. The van der Waals surface area contributed by atoms with Crippen LogP contribution in [0.4, 0.5) is 0 Å². The summed E-state index contributed by atoms with van der Waals surface area (Å²) in [6.07, 6.45) is 0. The fraction of sp³-hybridized carbons (Fsp3) is 0.0263. The first-order valence-corrected chi connectivity index (χ1v) is 15.3. The summed E-state index contributed by atoms with van der Waals surface area (Å²) in [6, 6.07) is 48.1. The second-order valence-electron chi connectivity index (χ2n) is 10.8. The number of hydrogen-bond acceptors (Lipinski definition) is 3. The van der Waals surface area contributed by atoms with E-state index in [1.165, 1.54) is 0 Å². The third kappa shape index (κ3) is 3.17. The fourth-order valence-corrected chi connectivity index (χ4v) is 8.79. The van der Waals surface area contributed by atoms with Gasteiger partial charge in [-0.25, -0.2) is 8.42 Å². The van der Waals surface area contributed by atoms with Crippen molar-refractivity contribution in [1.29, 1.82) is 5.26 Å². The maximum atomic E-state index is 14.2. The van der Waals surface area contributed by atoms with Crippen LogP contribution in [0.25, 0.3) is 33.4 Å². The topological polar surface area (TPSA) is 57.9 Å². The summed E-state index contributed by atoms with van der Waals surface area (Å²) >= 11 is 0. The van der Waals surface area contributed by atoms with Gasteiger partial charge in [-0.15, -0.1) is 0 Å². The van der Waals surface area contributed by atoms with Gasteiger partial charge in [0.05, 0.1) is 26.8 Å². The maximum absolute atomic E-state index is 14.2. The molecule has 0 amide bonds. The van der Waals surface area contributed by atoms with Crippen LogP contribution >= 0.6 is 0 Å². The van der Waals surface area contributed by atoms with Crippen molar-refractivity contribution in [2.24, 2.45) is 0 Å². The van der Waals surface area contributed by atoms with Crippen molar-refractivity contribution in [2.45, 2.75) is 15.2 Å². The van der Waals surface area contributed by atoms with Crippen molar-refractivity contribution in [3.63, 3.8) is 0 Å². The van der Waals surface area contributed by atoms with Crippen LogP contribution in [0.1, 0.15) is 27.8 Å². The smallest absolute Gasteiger partial charge is 0.207 e. The Morgan fingerprint density at radius 2 is 0.952 bits per heavy atom. The van der Waals surface area contributed by atoms with E-state index in [0.29, 0.717) is 15.4 Å². The Bertz CT molecular complexity index is 2170. The van der Waals surface area contributed by atoms with E-state index in [1.54, 1.807) is 12.1 Å². The van der Waals surface area contributed by atoms with E-state index in [9.17, 15) is 13.7 Å². The van der Waals surface area contributed by atoms with Gasteiger partial charge in [-0.3, -0.25) is 0 Å². The van der Waals surface area contributed by atoms with Crippen LogP contribution in [0.15, 0.2) is 149 Å². The molecule has 6 aromatic carbocycles. The lowest BCUT2D eigenvalue weighted by molar-refractivity contribution is 0.579. The van der Waals surface area contributed by atoms with Gasteiger partial charge in [0, 0.05) is 0 Å². The van der Waals surface area contributed by atoms with Crippen LogP contribution in [-0.2, 0) is 15.3 Å². The maximum Gasteiger partial charge on any atom is 0.207 e. The first-order chi connectivity index (χ1) is 20.5. The molecule has 0 fully saturated rings. The Labute approximate surface area is 244 Å². The average molecular weight is 558 g/mol. The van der Waals surface area contributed by atoms with Crippen molar-refractivity contribution in [1.82, 2.24) is 0 Å². The number of rotatable bonds is 1. The standard InChI is InChI=1S/C38H23NO2S/c39-24-25-17-19-26(20-18-25)27-21-22-31-29-10-2-1-9-28(29)30-11-3-4-12-32(30)38(35(31)23-27)33-13-5-7-15-36(33)42(40,41)37-16-8-6-14-34(37)38/h1-23H. The Balaban J connectivity index is 1.61.